The van der Waals surface area contributed by atoms with E-state index in [1.165, 1.54) is 5.56 Å². The Morgan fingerprint density at radius 2 is 2.10 bits per heavy atom. The summed E-state index contributed by atoms with van der Waals surface area (Å²) < 4.78 is 6.74. The molecule has 0 fully saturated rings. The highest BCUT2D eigenvalue weighted by Crippen LogP contribution is 2.04. The molecular weight excluding hydrogens is 268 g/mol. The molecule has 2 aromatic rings. The molecule has 0 saturated heterocycles. The van der Waals surface area contributed by atoms with Crippen molar-refractivity contribution >= 4 is 5.97 Å². The van der Waals surface area contributed by atoms with Gasteiger partial charge in [-0.2, -0.15) is 0 Å². The van der Waals surface area contributed by atoms with Crippen LogP contribution in [-0.2, 0) is 29.7 Å². The highest BCUT2D eigenvalue weighted by atomic mass is 16.5. The molecule has 0 aliphatic carbocycles. The largest absolute Gasteiger partial charge is 0.459 e. The number of rotatable bonds is 7. The summed E-state index contributed by atoms with van der Waals surface area (Å²) in [5.41, 5.74) is 1.89. The molecule has 21 heavy (non-hydrogen) atoms. The molecule has 0 amide bonds. The van der Waals surface area contributed by atoms with Gasteiger partial charge in [-0.15, -0.1) is 5.10 Å². The van der Waals surface area contributed by atoms with E-state index in [1.807, 2.05) is 25.2 Å². The summed E-state index contributed by atoms with van der Waals surface area (Å²) in [6.07, 6.45) is 2.10. The van der Waals surface area contributed by atoms with E-state index in [2.05, 4.69) is 27.3 Å². The molecule has 0 atom stereocenters. The van der Waals surface area contributed by atoms with Crippen LogP contribution in [0.25, 0.3) is 0 Å². The summed E-state index contributed by atoms with van der Waals surface area (Å²) in [4.78, 5) is 13.8. The number of hydrogen-bond acceptors (Lipinski definition) is 5. The number of carbonyl (C=O) groups is 1. The molecule has 0 spiro atoms. The molecular formula is C15H20N4O2. The van der Waals surface area contributed by atoms with E-state index in [0.717, 1.165) is 6.54 Å². The minimum absolute atomic E-state index is 0.176. The summed E-state index contributed by atoms with van der Waals surface area (Å²) in [5, 5.41) is 7.65. The minimum Gasteiger partial charge on any atom is -0.459 e. The fourth-order valence-corrected chi connectivity index (χ4v) is 1.94. The Morgan fingerprint density at radius 3 is 2.76 bits per heavy atom. The van der Waals surface area contributed by atoms with Gasteiger partial charge in [0.25, 0.3) is 0 Å². The number of nitrogens with zero attached hydrogens (tertiary/aromatic N) is 4. The maximum absolute atomic E-state index is 11.7. The van der Waals surface area contributed by atoms with Crippen LogP contribution in [0.2, 0.25) is 0 Å². The molecule has 0 aliphatic heterocycles. The van der Waals surface area contributed by atoms with Gasteiger partial charge < -0.3 is 9.64 Å². The van der Waals surface area contributed by atoms with E-state index < -0.39 is 0 Å². The summed E-state index contributed by atoms with van der Waals surface area (Å²) in [5.74, 6) is -0.222. The van der Waals surface area contributed by atoms with Crippen molar-refractivity contribution in [3.8, 4) is 0 Å². The van der Waals surface area contributed by atoms with Gasteiger partial charge in [-0.1, -0.05) is 35.5 Å². The van der Waals surface area contributed by atoms with Crippen LogP contribution in [-0.4, -0.2) is 39.5 Å². The second-order valence-corrected chi connectivity index (χ2v) is 5.02. The molecule has 6 heteroatoms. The first-order valence-corrected chi connectivity index (χ1v) is 6.87. The monoisotopic (exact) mass is 288 g/mol. The zero-order chi connectivity index (χ0) is 15.1. The van der Waals surface area contributed by atoms with E-state index in [9.17, 15) is 4.79 Å². The van der Waals surface area contributed by atoms with Gasteiger partial charge in [0.05, 0.1) is 12.6 Å². The van der Waals surface area contributed by atoms with Crippen LogP contribution in [0.5, 0.6) is 0 Å². The van der Waals surface area contributed by atoms with Crippen molar-refractivity contribution in [3.05, 3.63) is 47.8 Å². The molecule has 1 aromatic carbocycles. The molecule has 2 rings (SSSR count). The summed E-state index contributed by atoms with van der Waals surface area (Å²) in [6.45, 7) is 1.65. The van der Waals surface area contributed by atoms with Gasteiger partial charge >= 0.3 is 5.97 Å². The predicted octanol–water partition coefficient (Wildman–Crippen LogP) is 1.38. The Hall–Kier alpha value is -2.21. The van der Waals surface area contributed by atoms with Crippen LogP contribution < -0.4 is 0 Å². The van der Waals surface area contributed by atoms with Gasteiger partial charge in [0.2, 0.25) is 0 Å². The van der Waals surface area contributed by atoms with Crippen LogP contribution in [0, 0.1) is 0 Å². The van der Waals surface area contributed by atoms with Crippen molar-refractivity contribution in [2.75, 3.05) is 13.6 Å². The molecule has 0 aliphatic rings. The molecule has 1 aromatic heterocycles. The van der Waals surface area contributed by atoms with Crippen molar-refractivity contribution < 1.29 is 9.53 Å². The van der Waals surface area contributed by atoms with Gasteiger partial charge in [-0.05, 0) is 12.6 Å². The average Bonchev–Trinajstić information content (AvgIpc) is 2.90. The SMILES string of the molecule is CN(CCC(=O)OCc1cn(C)nn1)Cc1ccccc1. The van der Waals surface area contributed by atoms with Crippen LogP contribution >= 0.6 is 0 Å². The third-order valence-corrected chi connectivity index (χ3v) is 3.02. The van der Waals surface area contributed by atoms with Crippen molar-refractivity contribution in [3.63, 3.8) is 0 Å². The van der Waals surface area contributed by atoms with E-state index in [-0.39, 0.29) is 12.6 Å². The lowest BCUT2D eigenvalue weighted by Crippen LogP contribution is -2.22. The first-order valence-electron chi connectivity index (χ1n) is 6.87. The zero-order valence-corrected chi connectivity index (χ0v) is 12.4. The van der Waals surface area contributed by atoms with Crippen molar-refractivity contribution in [1.29, 1.82) is 0 Å². The Balaban J connectivity index is 1.66. The third kappa shape index (κ3) is 5.35. The van der Waals surface area contributed by atoms with E-state index >= 15 is 0 Å². The number of esters is 1. The van der Waals surface area contributed by atoms with Crippen molar-refractivity contribution in [1.82, 2.24) is 19.9 Å². The predicted molar refractivity (Wildman–Crippen MR) is 78.2 cm³/mol. The van der Waals surface area contributed by atoms with Gasteiger partial charge in [-0.25, -0.2) is 0 Å². The summed E-state index contributed by atoms with van der Waals surface area (Å²) in [7, 11) is 3.76. The first kappa shape index (κ1) is 15.2. The number of aryl methyl sites for hydroxylation is 1. The third-order valence-electron chi connectivity index (χ3n) is 3.02. The molecule has 0 N–H and O–H groups in total. The Kier molecular flexibility index (Phi) is 5.45. The average molecular weight is 288 g/mol. The molecule has 0 radical (unpaired) electrons. The van der Waals surface area contributed by atoms with Crippen molar-refractivity contribution in [2.45, 2.75) is 19.6 Å². The lowest BCUT2D eigenvalue weighted by molar-refractivity contribution is -0.145. The van der Waals surface area contributed by atoms with Crippen LogP contribution in [0.15, 0.2) is 36.5 Å². The normalized spacial score (nSPS) is 10.8. The van der Waals surface area contributed by atoms with E-state index in [1.54, 1.807) is 17.9 Å². The molecule has 6 nitrogen and oxygen atoms in total. The second-order valence-electron chi connectivity index (χ2n) is 5.02. The topological polar surface area (TPSA) is 60.2 Å². The van der Waals surface area contributed by atoms with Crippen LogP contribution in [0.3, 0.4) is 0 Å². The maximum Gasteiger partial charge on any atom is 0.307 e. The van der Waals surface area contributed by atoms with Crippen molar-refractivity contribution in [2.24, 2.45) is 7.05 Å². The fourth-order valence-electron chi connectivity index (χ4n) is 1.94. The number of hydrogen-bond donors (Lipinski definition) is 0. The second kappa shape index (κ2) is 7.54. The number of benzene rings is 1. The number of aromatic nitrogens is 3. The highest BCUT2D eigenvalue weighted by molar-refractivity contribution is 5.69. The molecule has 0 bridgehead atoms. The number of carbonyl (C=O) groups excluding carboxylic acids is 1. The quantitative estimate of drug-likeness (QED) is 0.720. The van der Waals surface area contributed by atoms with Gasteiger partial charge in [-0.3, -0.25) is 9.48 Å². The summed E-state index contributed by atoms with van der Waals surface area (Å²) in [6, 6.07) is 10.2. The highest BCUT2D eigenvalue weighted by Gasteiger charge is 2.08. The molecule has 0 unspecified atom stereocenters. The standard InChI is InChI=1S/C15H20N4O2/c1-18(10-13-6-4-3-5-7-13)9-8-15(20)21-12-14-11-19(2)17-16-14/h3-7,11H,8-10,12H2,1-2H3. The van der Waals surface area contributed by atoms with E-state index in [4.69, 9.17) is 4.74 Å². The van der Waals surface area contributed by atoms with Gasteiger partial charge in [0.1, 0.15) is 12.3 Å². The zero-order valence-electron chi connectivity index (χ0n) is 12.4. The van der Waals surface area contributed by atoms with Gasteiger partial charge in [0, 0.05) is 20.1 Å². The Bertz CT molecular complexity index is 568. The Labute approximate surface area is 124 Å². The molecule has 1 heterocycles. The van der Waals surface area contributed by atoms with Crippen LogP contribution in [0.4, 0.5) is 0 Å². The Morgan fingerprint density at radius 1 is 1.33 bits per heavy atom. The van der Waals surface area contributed by atoms with E-state index in [0.29, 0.717) is 18.7 Å². The summed E-state index contributed by atoms with van der Waals surface area (Å²) >= 11 is 0. The fraction of sp³-hybridized carbons (Fsp3) is 0.400. The lowest BCUT2D eigenvalue weighted by atomic mass is 10.2. The first-order chi connectivity index (χ1) is 10.1. The molecule has 0 saturated carbocycles. The molecule has 112 valence electrons. The smallest absolute Gasteiger partial charge is 0.307 e. The number of ether oxygens (including phenoxy) is 1. The maximum atomic E-state index is 11.7. The van der Waals surface area contributed by atoms with Gasteiger partial charge in [0.15, 0.2) is 0 Å². The lowest BCUT2D eigenvalue weighted by Gasteiger charge is -2.15. The van der Waals surface area contributed by atoms with Crippen LogP contribution in [0.1, 0.15) is 17.7 Å². The minimum atomic E-state index is -0.222.